The van der Waals surface area contributed by atoms with E-state index >= 15 is 0 Å². The molecule has 0 bridgehead atoms. The van der Waals surface area contributed by atoms with E-state index in [1.165, 1.54) is 0 Å². The highest BCUT2D eigenvalue weighted by Crippen LogP contribution is 2.29. The smallest absolute Gasteiger partial charge is 0.335 e. The molecule has 0 saturated heterocycles. The van der Waals surface area contributed by atoms with E-state index in [2.05, 4.69) is 18.2 Å². The summed E-state index contributed by atoms with van der Waals surface area (Å²) < 4.78 is 0. The number of fused-ring (bicyclic) bond motifs is 1. The molecule has 1 aliphatic rings. The van der Waals surface area contributed by atoms with Gasteiger partial charge in [0.25, 0.3) is 0 Å². The Morgan fingerprint density at radius 1 is 0.720 bits per heavy atom. The minimum atomic E-state index is -0.919. The van der Waals surface area contributed by atoms with Gasteiger partial charge < -0.3 is 5.11 Å². The van der Waals surface area contributed by atoms with E-state index in [1.54, 1.807) is 12.1 Å². The van der Waals surface area contributed by atoms with Crippen LogP contribution in [0, 0.1) is 0 Å². The van der Waals surface area contributed by atoms with Crippen LogP contribution >= 0.6 is 0 Å². The van der Waals surface area contributed by atoms with E-state index in [0.29, 0.717) is 6.42 Å². The zero-order chi connectivity index (χ0) is 17.4. The second-order valence-electron chi connectivity index (χ2n) is 6.25. The minimum absolute atomic E-state index is 0.238. The summed E-state index contributed by atoms with van der Waals surface area (Å²) >= 11 is 0. The third-order valence-corrected chi connectivity index (χ3v) is 4.71. The molecule has 0 heterocycles. The average molecular weight is 328 g/mol. The number of carboxylic acids is 1. The third kappa shape index (κ3) is 2.85. The summed E-state index contributed by atoms with van der Waals surface area (Å²) in [6.45, 7) is 0. The van der Waals surface area contributed by atoms with Crippen molar-refractivity contribution in [2.24, 2.45) is 0 Å². The fourth-order valence-electron chi connectivity index (χ4n) is 3.30. The molecule has 122 valence electrons. The van der Waals surface area contributed by atoms with Crippen LogP contribution in [0.1, 0.15) is 32.7 Å². The fraction of sp³-hybridized carbons (Fsp3) is 0.0909. The van der Waals surface area contributed by atoms with Crippen LogP contribution in [0.4, 0.5) is 0 Å². The van der Waals surface area contributed by atoms with Crippen LogP contribution in [0.25, 0.3) is 22.3 Å². The average Bonchev–Trinajstić information content (AvgIpc) is 3.02. The highest BCUT2D eigenvalue weighted by atomic mass is 16.4. The van der Waals surface area contributed by atoms with Crippen LogP contribution in [-0.4, -0.2) is 16.9 Å². The molecule has 25 heavy (non-hydrogen) atoms. The molecular weight excluding hydrogens is 312 g/mol. The van der Waals surface area contributed by atoms with Gasteiger partial charge in [-0.1, -0.05) is 54.6 Å². The summed E-state index contributed by atoms with van der Waals surface area (Å²) in [5, 5.41) is 8.97. The third-order valence-electron chi connectivity index (χ3n) is 4.71. The first-order valence-electron chi connectivity index (χ1n) is 8.22. The lowest BCUT2D eigenvalue weighted by Crippen LogP contribution is -1.94. The lowest BCUT2D eigenvalue weighted by atomic mass is 9.97. The zero-order valence-electron chi connectivity index (χ0n) is 13.5. The monoisotopic (exact) mass is 328 g/mol. The van der Waals surface area contributed by atoms with Crippen molar-refractivity contribution in [3.63, 3.8) is 0 Å². The van der Waals surface area contributed by atoms with Crippen LogP contribution in [0.15, 0.2) is 66.7 Å². The number of carbonyl (C=O) groups is 2. The molecule has 0 spiro atoms. The van der Waals surface area contributed by atoms with E-state index in [0.717, 1.165) is 39.8 Å². The quantitative estimate of drug-likeness (QED) is 0.748. The molecule has 3 heteroatoms. The van der Waals surface area contributed by atoms with Crippen LogP contribution < -0.4 is 0 Å². The Morgan fingerprint density at radius 2 is 1.24 bits per heavy atom. The summed E-state index contributed by atoms with van der Waals surface area (Å²) in [6, 6.07) is 21.1. The Hall–Kier alpha value is -3.20. The summed E-state index contributed by atoms with van der Waals surface area (Å²) in [7, 11) is 0. The summed E-state index contributed by atoms with van der Waals surface area (Å²) in [4.78, 5) is 22.7. The standard InChI is InChI=1S/C22H16O3/c23-21-12-10-19-13-18(9-11-20(19)21)16-3-1-14(2-4-16)15-5-7-17(8-6-15)22(24)25/h1-9,11,13H,10,12H2,(H,24,25). The summed E-state index contributed by atoms with van der Waals surface area (Å²) in [5.74, 6) is -0.682. The molecule has 0 saturated carbocycles. The molecule has 0 aromatic heterocycles. The summed E-state index contributed by atoms with van der Waals surface area (Å²) in [6.07, 6.45) is 1.44. The maximum Gasteiger partial charge on any atom is 0.335 e. The lowest BCUT2D eigenvalue weighted by Gasteiger charge is -2.07. The first kappa shape index (κ1) is 15.3. The molecule has 0 amide bonds. The van der Waals surface area contributed by atoms with Gasteiger partial charge in [0.2, 0.25) is 0 Å². The van der Waals surface area contributed by atoms with Crippen molar-refractivity contribution in [2.75, 3.05) is 0 Å². The van der Waals surface area contributed by atoms with Gasteiger partial charge >= 0.3 is 5.97 Å². The molecule has 4 rings (SSSR count). The number of aromatic carboxylic acids is 1. The highest BCUT2D eigenvalue weighted by molar-refractivity contribution is 6.01. The van der Waals surface area contributed by atoms with Crippen molar-refractivity contribution in [3.05, 3.63) is 83.4 Å². The highest BCUT2D eigenvalue weighted by Gasteiger charge is 2.19. The van der Waals surface area contributed by atoms with Crippen LogP contribution in [0.2, 0.25) is 0 Å². The maximum absolute atomic E-state index is 11.7. The number of carboxylic acid groups (broad SMARTS) is 1. The Kier molecular flexibility index (Phi) is 3.69. The van der Waals surface area contributed by atoms with Gasteiger partial charge in [-0.15, -0.1) is 0 Å². The molecule has 0 radical (unpaired) electrons. The molecule has 0 fully saturated rings. The Bertz CT molecular complexity index is 967. The second-order valence-corrected chi connectivity index (χ2v) is 6.25. The largest absolute Gasteiger partial charge is 0.478 e. The van der Waals surface area contributed by atoms with Gasteiger partial charge in [-0.3, -0.25) is 4.79 Å². The van der Waals surface area contributed by atoms with Gasteiger partial charge in [0.15, 0.2) is 5.78 Å². The van der Waals surface area contributed by atoms with Crippen LogP contribution in [0.5, 0.6) is 0 Å². The van der Waals surface area contributed by atoms with Crippen molar-refractivity contribution in [3.8, 4) is 22.3 Å². The molecule has 3 aromatic carbocycles. The molecule has 0 aliphatic heterocycles. The number of carbonyl (C=O) groups excluding carboxylic acids is 1. The fourth-order valence-corrected chi connectivity index (χ4v) is 3.30. The van der Waals surface area contributed by atoms with Crippen molar-refractivity contribution < 1.29 is 14.7 Å². The Morgan fingerprint density at radius 3 is 1.84 bits per heavy atom. The van der Waals surface area contributed by atoms with Gasteiger partial charge in [-0.2, -0.15) is 0 Å². The van der Waals surface area contributed by atoms with Gasteiger partial charge in [0, 0.05) is 12.0 Å². The van der Waals surface area contributed by atoms with Gasteiger partial charge in [0.05, 0.1) is 5.56 Å². The number of ketones is 1. The predicted molar refractivity (Wildman–Crippen MR) is 96.9 cm³/mol. The molecule has 1 aliphatic carbocycles. The number of hydrogen-bond acceptors (Lipinski definition) is 2. The molecular formula is C22H16O3. The van der Waals surface area contributed by atoms with Crippen LogP contribution in [-0.2, 0) is 6.42 Å². The zero-order valence-corrected chi connectivity index (χ0v) is 13.5. The van der Waals surface area contributed by atoms with Crippen molar-refractivity contribution in [2.45, 2.75) is 12.8 Å². The second kappa shape index (κ2) is 6.02. The van der Waals surface area contributed by atoms with E-state index in [4.69, 9.17) is 5.11 Å². The molecule has 0 atom stereocenters. The van der Waals surface area contributed by atoms with Crippen LogP contribution in [0.3, 0.4) is 0 Å². The predicted octanol–water partition coefficient (Wildman–Crippen LogP) is 4.85. The summed E-state index contributed by atoms with van der Waals surface area (Å²) in [5.41, 5.74) is 6.52. The first-order valence-corrected chi connectivity index (χ1v) is 8.22. The van der Waals surface area contributed by atoms with Crippen molar-refractivity contribution in [1.82, 2.24) is 0 Å². The van der Waals surface area contributed by atoms with Crippen molar-refractivity contribution >= 4 is 11.8 Å². The van der Waals surface area contributed by atoms with E-state index in [1.807, 2.05) is 36.4 Å². The number of benzene rings is 3. The molecule has 3 aromatic rings. The molecule has 1 N–H and O–H groups in total. The maximum atomic E-state index is 11.7. The minimum Gasteiger partial charge on any atom is -0.478 e. The lowest BCUT2D eigenvalue weighted by molar-refractivity contribution is 0.0696. The number of aryl methyl sites for hydroxylation is 1. The van der Waals surface area contributed by atoms with E-state index in [9.17, 15) is 9.59 Å². The van der Waals surface area contributed by atoms with Crippen molar-refractivity contribution in [1.29, 1.82) is 0 Å². The normalized spacial score (nSPS) is 12.9. The topological polar surface area (TPSA) is 54.4 Å². The van der Waals surface area contributed by atoms with E-state index in [-0.39, 0.29) is 11.3 Å². The number of Topliss-reactive ketones (excluding diaryl/α,β-unsaturated/α-hetero) is 1. The SMILES string of the molecule is O=C(O)c1ccc(-c2ccc(-c3ccc4c(c3)CCC4=O)cc2)cc1. The molecule has 3 nitrogen and oxygen atoms in total. The Balaban J connectivity index is 1.62. The first-order chi connectivity index (χ1) is 12.1. The van der Waals surface area contributed by atoms with E-state index < -0.39 is 5.97 Å². The Labute approximate surface area is 145 Å². The molecule has 0 unspecified atom stereocenters. The van der Waals surface area contributed by atoms with Gasteiger partial charge in [0.1, 0.15) is 0 Å². The van der Waals surface area contributed by atoms with Gasteiger partial charge in [-0.25, -0.2) is 4.79 Å². The number of hydrogen-bond donors (Lipinski definition) is 1. The van der Waals surface area contributed by atoms with Gasteiger partial charge in [-0.05, 0) is 46.4 Å². The number of rotatable bonds is 3.